The highest BCUT2D eigenvalue weighted by Gasteiger charge is 2.14. The van der Waals surface area contributed by atoms with Crippen LogP contribution in [0, 0.1) is 0 Å². The zero-order chi connectivity index (χ0) is 11.4. The molecule has 0 amide bonds. The van der Waals surface area contributed by atoms with E-state index in [9.17, 15) is 0 Å². The zero-order valence-corrected chi connectivity index (χ0v) is 9.99. The maximum Gasteiger partial charge on any atom is 0.126 e. The maximum absolute atomic E-state index is 4.99. The Morgan fingerprint density at radius 2 is 2.38 bits per heavy atom. The van der Waals surface area contributed by atoms with E-state index in [0.717, 1.165) is 31.9 Å². The smallest absolute Gasteiger partial charge is 0.126 e. The van der Waals surface area contributed by atoms with Crippen LogP contribution < -0.4 is 5.32 Å². The van der Waals surface area contributed by atoms with Gasteiger partial charge in [0, 0.05) is 38.9 Å². The Bertz CT molecular complexity index is 354. The second-order valence-corrected chi connectivity index (χ2v) is 4.21. The second-order valence-electron chi connectivity index (χ2n) is 4.21. The van der Waals surface area contributed by atoms with E-state index in [0.29, 0.717) is 6.61 Å². The molecule has 0 spiro atoms. The van der Waals surface area contributed by atoms with Crippen molar-refractivity contribution in [2.45, 2.75) is 13.0 Å². The highest BCUT2D eigenvalue weighted by molar-refractivity contribution is 5.39. The molecule has 0 atom stereocenters. The van der Waals surface area contributed by atoms with Crippen LogP contribution in [0.2, 0.25) is 0 Å². The number of hydrogen-bond acceptors (Lipinski definition) is 4. The molecule has 0 bridgehead atoms. The van der Waals surface area contributed by atoms with Crippen LogP contribution in [0.25, 0.3) is 0 Å². The van der Waals surface area contributed by atoms with Gasteiger partial charge in [-0.05, 0) is 18.7 Å². The van der Waals surface area contributed by atoms with Crippen LogP contribution in [0.15, 0.2) is 12.1 Å². The van der Waals surface area contributed by atoms with Gasteiger partial charge in [0.25, 0.3) is 0 Å². The lowest BCUT2D eigenvalue weighted by Crippen LogP contribution is -2.27. The molecule has 2 heterocycles. The van der Waals surface area contributed by atoms with Crippen LogP contribution in [-0.2, 0) is 17.7 Å². The van der Waals surface area contributed by atoms with E-state index in [2.05, 4.69) is 28.3 Å². The minimum atomic E-state index is 0.710. The van der Waals surface area contributed by atoms with Gasteiger partial charge >= 0.3 is 0 Å². The second kappa shape index (κ2) is 5.27. The fourth-order valence-corrected chi connectivity index (χ4v) is 1.94. The summed E-state index contributed by atoms with van der Waals surface area (Å²) < 4.78 is 4.99. The van der Waals surface area contributed by atoms with Crippen LogP contribution in [0.4, 0.5) is 5.82 Å². The molecule has 0 saturated heterocycles. The van der Waals surface area contributed by atoms with Crippen LogP contribution in [0.1, 0.15) is 11.3 Å². The summed E-state index contributed by atoms with van der Waals surface area (Å²) in [4.78, 5) is 6.95. The van der Waals surface area contributed by atoms with Gasteiger partial charge in [0.05, 0.1) is 6.61 Å². The fraction of sp³-hybridized carbons (Fsp3) is 0.583. The van der Waals surface area contributed by atoms with Crippen molar-refractivity contribution in [1.82, 2.24) is 9.88 Å². The van der Waals surface area contributed by atoms with Gasteiger partial charge in [-0.2, -0.15) is 0 Å². The molecule has 1 aromatic rings. The van der Waals surface area contributed by atoms with Crippen molar-refractivity contribution in [1.29, 1.82) is 0 Å². The van der Waals surface area contributed by atoms with Crippen LogP contribution >= 0.6 is 0 Å². The number of nitrogens with zero attached hydrogens (tertiary/aromatic N) is 2. The summed E-state index contributed by atoms with van der Waals surface area (Å²) in [5.74, 6) is 0.959. The molecule has 88 valence electrons. The number of nitrogens with one attached hydrogen (secondary N) is 1. The van der Waals surface area contributed by atoms with Crippen molar-refractivity contribution in [3.8, 4) is 0 Å². The summed E-state index contributed by atoms with van der Waals surface area (Å²) in [6.45, 7) is 3.63. The Balaban J connectivity index is 2.02. The number of methoxy groups -OCH3 is 1. The van der Waals surface area contributed by atoms with Gasteiger partial charge in [0.15, 0.2) is 0 Å². The van der Waals surface area contributed by atoms with Gasteiger partial charge in [0.1, 0.15) is 5.82 Å². The molecule has 0 fully saturated rings. The molecule has 1 aromatic heterocycles. The third kappa shape index (κ3) is 2.71. The Morgan fingerprint density at radius 1 is 1.50 bits per heavy atom. The van der Waals surface area contributed by atoms with Gasteiger partial charge in [-0.3, -0.25) is 0 Å². The van der Waals surface area contributed by atoms with Crippen molar-refractivity contribution in [3.05, 3.63) is 23.4 Å². The molecule has 0 aliphatic carbocycles. The largest absolute Gasteiger partial charge is 0.383 e. The molecular formula is C12H19N3O. The average Bonchev–Trinajstić information content (AvgIpc) is 2.29. The van der Waals surface area contributed by atoms with E-state index in [-0.39, 0.29) is 0 Å². The Kier molecular flexibility index (Phi) is 3.74. The molecule has 1 aliphatic rings. The number of rotatable bonds is 4. The number of ether oxygens (including phenoxy) is 1. The number of pyridine rings is 1. The minimum Gasteiger partial charge on any atom is -0.383 e. The van der Waals surface area contributed by atoms with Crippen molar-refractivity contribution in [2.75, 3.05) is 39.2 Å². The predicted octanol–water partition coefficient (Wildman–Crippen LogP) is 1.13. The van der Waals surface area contributed by atoms with Gasteiger partial charge in [-0.15, -0.1) is 0 Å². The lowest BCUT2D eigenvalue weighted by molar-refractivity contribution is 0.210. The molecule has 0 radical (unpaired) electrons. The van der Waals surface area contributed by atoms with Crippen molar-refractivity contribution in [3.63, 3.8) is 0 Å². The summed E-state index contributed by atoms with van der Waals surface area (Å²) in [7, 11) is 3.85. The first-order valence-corrected chi connectivity index (χ1v) is 5.70. The summed E-state index contributed by atoms with van der Waals surface area (Å²) in [5, 5.41) is 3.26. The highest BCUT2D eigenvalue weighted by Crippen LogP contribution is 2.18. The summed E-state index contributed by atoms with van der Waals surface area (Å²) in [5.41, 5.74) is 2.59. The van der Waals surface area contributed by atoms with E-state index >= 15 is 0 Å². The molecule has 2 rings (SSSR count). The number of hydrogen-bond donors (Lipinski definition) is 1. The van der Waals surface area contributed by atoms with E-state index in [1.54, 1.807) is 7.11 Å². The molecule has 0 saturated carbocycles. The van der Waals surface area contributed by atoms with Crippen molar-refractivity contribution < 1.29 is 4.74 Å². The first kappa shape index (κ1) is 11.4. The normalized spacial score (nSPS) is 15.9. The van der Waals surface area contributed by atoms with E-state index in [4.69, 9.17) is 4.74 Å². The summed E-state index contributed by atoms with van der Waals surface area (Å²) in [6.07, 6.45) is 1.05. The van der Waals surface area contributed by atoms with Crippen LogP contribution in [-0.4, -0.2) is 43.7 Å². The first-order valence-electron chi connectivity index (χ1n) is 5.70. The topological polar surface area (TPSA) is 37.4 Å². The molecule has 4 nitrogen and oxygen atoms in total. The first-order chi connectivity index (χ1) is 7.79. The molecule has 4 heteroatoms. The monoisotopic (exact) mass is 221 g/mol. The fourth-order valence-electron chi connectivity index (χ4n) is 1.94. The Morgan fingerprint density at radius 3 is 3.19 bits per heavy atom. The maximum atomic E-state index is 4.99. The lowest BCUT2D eigenvalue weighted by atomic mass is 10.1. The van der Waals surface area contributed by atoms with Gasteiger partial charge < -0.3 is 15.0 Å². The third-order valence-electron chi connectivity index (χ3n) is 2.85. The molecule has 0 aromatic carbocycles. The SMILES string of the molecule is COCCNc1ccc2c(n1)CCN(C)C2. The molecule has 16 heavy (non-hydrogen) atoms. The average molecular weight is 221 g/mol. The van der Waals surface area contributed by atoms with E-state index in [1.165, 1.54) is 11.3 Å². The van der Waals surface area contributed by atoms with Crippen molar-refractivity contribution >= 4 is 5.82 Å². The highest BCUT2D eigenvalue weighted by atomic mass is 16.5. The third-order valence-corrected chi connectivity index (χ3v) is 2.85. The van der Waals surface area contributed by atoms with Gasteiger partial charge in [-0.25, -0.2) is 4.98 Å². The van der Waals surface area contributed by atoms with Crippen molar-refractivity contribution in [2.24, 2.45) is 0 Å². The molecule has 1 N–H and O–H groups in total. The minimum absolute atomic E-state index is 0.710. The van der Waals surface area contributed by atoms with Gasteiger partial charge in [0.2, 0.25) is 0 Å². The lowest BCUT2D eigenvalue weighted by Gasteiger charge is -2.24. The number of anilines is 1. The quantitative estimate of drug-likeness (QED) is 0.773. The molecule has 0 unspecified atom stereocenters. The molecule has 1 aliphatic heterocycles. The number of likely N-dealkylation sites (N-methyl/N-ethyl adjacent to an activating group) is 1. The van der Waals surface area contributed by atoms with Gasteiger partial charge in [-0.1, -0.05) is 6.07 Å². The molecular weight excluding hydrogens is 202 g/mol. The Labute approximate surface area is 96.6 Å². The van der Waals surface area contributed by atoms with E-state index < -0.39 is 0 Å². The number of fused-ring (bicyclic) bond motifs is 1. The zero-order valence-electron chi connectivity index (χ0n) is 9.99. The summed E-state index contributed by atoms with van der Waals surface area (Å²) in [6, 6.07) is 4.22. The standard InChI is InChI=1S/C12H19N3O/c1-15-7-5-11-10(9-15)3-4-12(14-11)13-6-8-16-2/h3-4H,5-9H2,1-2H3,(H,13,14). The Hall–Kier alpha value is -1.13. The summed E-state index contributed by atoms with van der Waals surface area (Å²) >= 11 is 0. The predicted molar refractivity (Wildman–Crippen MR) is 64.6 cm³/mol. The van der Waals surface area contributed by atoms with Crippen LogP contribution in [0.5, 0.6) is 0 Å². The number of aromatic nitrogens is 1. The van der Waals surface area contributed by atoms with Crippen LogP contribution in [0.3, 0.4) is 0 Å². The van der Waals surface area contributed by atoms with E-state index in [1.807, 2.05) is 6.07 Å².